The van der Waals surface area contributed by atoms with Crippen molar-refractivity contribution in [1.29, 1.82) is 0 Å². The smallest absolute Gasteiger partial charge is 0.407 e. The van der Waals surface area contributed by atoms with Crippen LogP contribution in [0.25, 0.3) is 0 Å². The summed E-state index contributed by atoms with van der Waals surface area (Å²) in [5.41, 5.74) is -0.692. The lowest BCUT2D eigenvalue weighted by Gasteiger charge is -2.29. The number of carbonyl (C=O) groups is 1. The van der Waals surface area contributed by atoms with Crippen LogP contribution in [-0.2, 0) is 14.6 Å². The van der Waals surface area contributed by atoms with E-state index in [2.05, 4.69) is 29.5 Å². The maximum Gasteiger partial charge on any atom is 0.407 e. The Kier molecular flexibility index (Phi) is 8.80. The summed E-state index contributed by atoms with van der Waals surface area (Å²) in [6.45, 7) is 11.0. The predicted molar refractivity (Wildman–Crippen MR) is 118 cm³/mol. The molecule has 8 nitrogen and oxygen atoms in total. The monoisotopic (exact) mass is 432 g/mol. The first kappa shape index (κ1) is 25.5. The number of aliphatic imine (C=N–C) groups is 1. The van der Waals surface area contributed by atoms with Gasteiger partial charge in [-0.05, 0) is 46.0 Å². The van der Waals surface area contributed by atoms with Gasteiger partial charge in [0, 0.05) is 44.9 Å². The molecule has 1 fully saturated rings. The molecule has 2 N–H and O–H groups in total. The van der Waals surface area contributed by atoms with Gasteiger partial charge in [-0.15, -0.1) is 0 Å². The Morgan fingerprint density at radius 1 is 1.28 bits per heavy atom. The van der Waals surface area contributed by atoms with E-state index >= 15 is 0 Å². The van der Waals surface area contributed by atoms with Crippen LogP contribution in [0.3, 0.4) is 0 Å². The van der Waals surface area contributed by atoms with Crippen LogP contribution in [-0.4, -0.2) is 76.2 Å². The van der Waals surface area contributed by atoms with Crippen molar-refractivity contribution in [2.24, 2.45) is 16.3 Å². The van der Waals surface area contributed by atoms with Gasteiger partial charge in [-0.25, -0.2) is 13.2 Å². The van der Waals surface area contributed by atoms with Crippen molar-refractivity contribution >= 4 is 21.9 Å². The Hall–Kier alpha value is -1.51. The summed E-state index contributed by atoms with van der Waals surface area (Å²) in [5, 5.41) is 6.28. The zero-order chi connectivity index (χ0) is 22.5. The molecule has 1 aliphatic rings. The average Bonchev–Trinajstić information content (AvgIpc) is 3.27. The molecule has 0 radical (unpaired) electrons. The highest BCUT2D eigenvalue weighted by atomic mass is 32.2. The lowest BCUT2D eigenvalue weighted by molar-refractivity contribution is 0.0485. The van der Waals surface area contributed by atoms with Crippen molar-refractivity contribution < 1.29 is 17.9 Å². The van der Waals surface area contributed by atoms with E-state index in [0.717, 1.165) is 25.2 Å². The Labute approximate surface area is 176 Å². The van der Waals surface area contributed by atoms with Crippen LogP contribution in [0.4, 0.5) is 4.79 Å². The van der Waals surface area contributed by atoms with Crippen LogP contribution < -0.4 is 10.6 Å². The molecule has 1 aliphatic carbocycles. The van der Waals surface area contributed by atoms with Gasteiger partial charge in [0.1, 0.15) is 15.4 Å². The lowest BCUT2D eigenvalue weighted by atomic mass is 10.0. The molecule has 1 unspecified atom stereocenters. The number of hydrogen-bond acceptors (Lipinski definition) is 5. The molecular weight excluding hydrogens is 392 g/mol. The second-order valence-corrected chi connectivity index (χ2v) is 11.8. The van der Waals surface area contributed by atoms with Gasteiger partial charge in [0.2, 0.25) is 0 Å². The third-order valence-electron chi connectivity index (χ3n) is 5.00. The second-order valence-electron chi connectivity index (χ2n) is 9.68. The van der Waals surface area contributed by atoms with Crippen LogP contribution in [0.2, 0.25) is 0 Å². The van der Waals surface area contributed by atoms with E-state index in [-0.39, 0.29) is 23.1 Å². The number of sulfone groups is 1. The first-order chi connectivity index (χ1) is 13.2. The Morgan fingerprint density at radius 2 is 1.86 bits per heavy atom. The molecule has 0 aliphatic heterocycles. The quantitative estimate of drug-likeness (QED) is 0.428. The third kappa shape index (κ3) is 10.2. The van der Waals surface area contributed by atoms with E-state index in [4.69, 9.17) is 4.74 Å². The highest BCUT2D eigenvalue weighted by molar-refractivity contribution is 7.90. The number of amides is 1. The molecule has 0 aromatic carbocycles. The van der Waals surface area contributed by atoms with Crippen LogP contribution in [0.1, 0.15) is 53.9 Å². The first-order valence-corrected chi connectivity index (χ1v) is 12.3. The van der Waals surface area contributed by atoms with Crippen molar-refractivity contribution in [1.82, 2.24) is 15.5 Å². The van der Waals surface area contributed by atoms with E-state index in [1.165, 1.54) is 6.26 Å². The van der Waals surface area contributed by atoms with Crippen molar-refractivity contribution in [3.8, 4) is 0 Å². The fourth-order valence-corrected chi connectivity index (χ4v) is 4.73. The maximum absolute atomic E-state index is 12.1. The summed E-state index contributed by atoms with van der Waals surface area (Å²) in [6, 6.07) is -0.0228. The standard InChI is InChI=1S/C20H40N4O4S/c1-15(2)16(23-18(25)28-19(3,4)5)9-12-24(7)17(21-6)22-13-20(10-11-20)14-29(8,26)27/h15-16H,9-14H2,1-8H3,(H,21,22)(H,23,25). The molecule has 0 aromatic rings. The molecule has 0 heterocycles. The number of rotatable bonds is 9. The van der Waals surface area contributed by atoms with E-state index in [1.807, 2.05) is 32.7 Å². The van der Waals surface area contributed by atoms with Crippen LogP contribution in [0.5, 0.6) is 0 Å². The van der Waals surface area contributed by atoms with Gasteiger partial charge in [-0.2, -0.15) is 0 Å². The normalized spacial score (nSPS) is 17.6. The van der Waals surface area contributed by atoms with Gasteiger partial charge in [-0.1, -0.05) is 13.8 Å². The summed E-state index contributed by atoms with van der Waals surface area (Å²) in [4.78, 5) is 18.4. The Bertz CT molecular complexity index is 679. The SMILES string of the molecule is CN=C(NCC1(CS(C)(=O)=O)CC1)N(C)CCC(NC(=O)OC(C)(C)C)C(C)C. The Balaban J connectivity index is 2.56. The predicted octanol–water partition coefficient (Wildman–Crippen LogP) is 2.26. The summed E-state index contributed by atoms with van der Waals surface area (Å²) in [6.07, 6.45) is 3.46. The van der Waals surface area contributed by atoms with Gasteiger partial charge in [0.25, 0.3) is 0 Å². The zero-order valence-electron chi connectivity index (χ0n) is 19.3. The number of alkyl carbamates (subject to hydrolysis) is 1. The fraction of sp³-hybridized carbons (Fsp3) is 0.900. The molecule has 1 atom stereocenters. The number of hydrogen-bond donors (Lipinski definition) is 2. The topological polar surface area (TPSA) is 100 Å². The maximum atomic E-state index is 12.1. The summed E-state index contributed by atoms with van der Waals surface area (Å²) >= 11 is 0. The minimum atomic E-state index is -3.00. The molecule has 0 aromatic heterocycles. The first-order valence-electron chi connectivity index (χ1n) is 10.3. The van der Waals surface area contributed by atoms with Crippen LogP contribution >= 0.6 is 0 Å². The third-order valence-corrected chi connectivity index (χ3v) is 6.14. The van der Waals surface area contributed by atoms with Gasteiger partial charge >= 0.3 is 6.09 Å². The van der Waals surface area contributed by atoms with Gasteiger partial charge in [-0.3, -0.25) is 4.99 Å². The van der Waals surface area contributed by atoms with Crippen LogP contribution in [0, 0.1) is 11.3 Å². The molecule has 1 saturated carbocycles. The van der Waals surface area contributed by atoms with Crippen molar-refractivity contribution in [2.45, 2.75) is 65.5 Å². The molecule has 0 spiro atoms. The largest absolute Gasteiger partial charge is 0.444 e. The summed E-state index contributed by atoms with van der Waals surface area (Å²) < 4.78 is 28.6. The highest BCUT2D eigenvalue weighted by Gasteiger charge is 2.45. The number of guanidine groups is 1. The van der Waals surface area contributed by atoms with E-state index in [0.29, 0.717) is 13.1 Å². The summed E-state index contributed by atoms with van der Waals surface area (Å²) in [5.74, 6) is 1.20. The van der Waals surface area contributed by atoms with Crippen molar-refractivity contribution in [2.75, 3.05) is 39.2 Å². The minimum Gasteiger partial charge on any atom is -0.444 e. The highest BCUT2D eigenvalue weighted by Crippen LogP contribution is 2.46. The molecule has 170 valence electrons. The van der Waals surface area contributed by atoms with Gasteiger partial charge in [0.05, 0.1) is 5.75 Å². The van der Waals surface area contributed by atoms with Crippen molar-refractivity contribution in [3.05, 3.63) is 0 Å². The number of carbonyl (C=O) groups excluding carboxylic acids is 1. The second kappa shape index (κ2) is 10.00. The lowest BCUT2D eigenvalue weighted by Crippen LogP contribution is -2.46. The molecule has 1 rings (SSSR count). The molecule has 0 bridgehead atoms. The molecule has 29 heavy (non-hydrogen) atoms. The van der Waals surface area contributed by atoms with Gasteiger partial charge in [0.15, 0.2) is 5.96 Å². The number of nitrogens with one attached hydrogen (secondary N) is 2. The molecule has 0 saturated heterocycles. The molecule has 9 heteroatoms. The van der Waals surface area contributed by atoms with E-state index in [9.17, 15) is 13.2 Å². The van der Waals surface area contributed by atoms with Crippen molar-refractivity contribution in [3.63, 3.8) is 0 Å². The molecular formula is C20H40N4O4S. The van der Waals surface area contributed by atoms with Crippen LogP contribution in [0.15, 0.2) is 4.99 Å². The minimum absolute atomic E-state index is 0.0228. The van der Waals surface area contributed by atoms with E-state index in [1.54, 1.807) is 7.05 Å². The number of ether oxygens (including phenoxy) is 1. The fourth-order valence-electron chi connectivity index (χ4n) is 3.23. The van der Waals surface area contributed by atoms with E-state index < -0.39 is 21.5 Å². The zero-order valence-corrected chi connectivity index (χ0v) is 20.1. The Morgan fingerprint density at radius 3 is 2.28 bits per heavy atom. The summed E-state index contributed by atoms with van der Waals surface area (Å²) in [7, 11) is 0.662. The van der Waals surface area contributed by atoms with Gasteiger partial charge < -0.3 is 20.3 Å². The molecule has 1 amide bonds. The number of nitrogens with zero attached hydrogens (tertiary/aromatic N) is 2. The average molecular weight is 433 g/mol.